The highest BCUT2D eigenvalue weighted by Crippen LogP contribution is 2.46. The lowest BCUT2D eigenvalue weighted by atomic mass is 9.96. The summed E-state index contributed by atoms with van der Waals surface area (Å²) in [6.45, 7) is 2.80. The Labute approximate surface area is 181 Å². The predicted molar refractivity (Wildman–Crippen MR) is 117 cm³/mol. The maximum absolute atomic E-state index is 11.0. The first-order chi connectivity index (χ1) is 14.4. The molecule has 0 aromatic heterocycles. The lowest BCUT2D eigenvalue weighted by Gasteiger charge is -2.18. The highest BCUT2D eigenvalue weighted by Gasteiger charge is 2.44. The molecule has 2 N–H and O–H groups in total. The highest BCUT2D eigenvalue weighted by atomic mass is 35.5. The molecule has 0 heterocycles. The molecule has 5 nitrogen and oxygen atoms in total. The van der Waals surface area contributed by atoms with E-state index in [0.717, 1.165) is 24.2 Å². The van der Waals surface area contributed by atoms with E-state index in [1.54, 1.807) is 19.1 Å². The van der Waals surface area contributed by atoms with E-state index in [0.29, 0.717) is 29.5 Å². The molecule has 1 fully saturated rings. The van der Waals surface area contributed by atoms with Gasteiger partial charge in [0.05, 0.1) is 30.6 Å². The van der Waals surface area contributed by atoms with Crippen molar-refractivity contribution < 1.29 is 19.4 Å². The highest BCUT2D eigenvalue weighted by molar-refractivity contribution is 6.33. The van der Waals surface area contributed by atoms with E-state index < -0.39 is 5.97 Å². The first kappa shape index (κ1) is 21.7. The molecule has 1 aliphatic rings. The lowest BCUT2D eigenvalue weighted by molar-refractivity contribution is -0.137. The van der Waals surface area contributed by atoms with Crippen molar-refractivity contribution in [1.29, 1.82) is 5.41 Å². The number of ether oxygens (including phenoxy) is 2. The summed E-state index contributed by atoms with van der Waals surface area (Å²) in [7, 11) is 0. The van der Waals surface area contributed by atoms with Crippen molar-refractivity contribution in [3.05, 3.63) is 58.6 Å². The van der Waals surface area contributed by atoms with Crippen LogP contribution in [0.4, 0.5) is 0 Å². The van der Waals surface area contributed by atoms with Crippen molar-refractivity contribution in [2.45, 2.75) is 32.1 Å². The number of carboxylic acids is 1. The third kappa shape index (κ3) is 5.77. The van der Waals surface area contributed by atoms with Crippen LogP contribution in [0.2, 0.25) is 5.02 Å². The third-order valence-electron chi connectivity index (χ3n) is 5.15. The molecule has 0 aliphatic heterocycles. The minimum atomic E-state index is -0.868. The van der Waals surface area contributed by atoms with Crippen molar-refractivity contribution in [3.63, 3.8) is 0 Å². The van der Waals surface area contributed by atoms with Gasteiger partial charge < -0.3 is 20.0 Å². The molecule has 0 saturated heterocycles. The fraction of sp³-hybridized carbons (Fsp3) is 0.333. The maximum atomic E-state index is 11.0. The van der Waals surface area contributed by atoms with Crippen LogP contribution in [-0.2, 0) is 4.79 Å². The first-order valence-electron chi connectivity index (χ1n) is 9.74. The van der Waals surface area contributed by atoms with E-state index in [-0.39, 0.29) is 17.8 Å². The number of aliphatic carboxylic acids is 1. The zero-order valence-corrected chi connectivity index (χ0v) is 17.5. The van der Waals surface area contributed by atoms with Crippen LogP contribution in [0.3, 0.4) is 0 Å². The Morgan fingerprint density at radius 1 is 1.20 bits per heavy atom. The normalized spacial score (nSPS) is 14.7. The molecule has 156 valence electrons. The summed E-state index contributed by atoms with van der Waals surface area (Å²) in [6, 6.07) is 12.8. The second kappa shape index (κ2) is 9.69. The van der Waals surface area contributed by atoms with Crippen LogP contribution in [0.15, 0.2) is 42.5 Å². The molecule has 3 rings (SSSR count). The number of halogens is 1. The van der Waals surface area contributed by atoms with Gasteiger partial charge in [0.2, 0.25) is 0 Å². The van der Waals surface area contributed by atoms with Gasteiger partial charge in [-0.25, -0.2) is 0 Å². The zero-order valence-electron chi connectivity index (χ0n) is 16.8. The molecule has 0 radical (unpaired) electrons. The van der Waals surface area contributed by atoms with Gasteiger partial charge in [0.15, 0.2) is 0 Å². The molecule has 0 spiro atoms. The van der Waals surface area contributed by atoms with Crippen molar-refractivity contribution in [1.82, 2.24) is 0 Å². The van der Waals surface area contributed by atoms with Crippen LogP contribution in [0.1, 0.15) is 43.2 Å². The van der Waals surface area contributed by atoms with Crippen LogP contribution < -0.4 is 9.47 Å². The van der Waals surface area contributed by atoms with Gasteiger partial charge in [-0.15, -0.1) is 5.92 Å². The second-order valence-electron chi connectivity index (χ2n) is 7.52. The molecule has 1 aliphatic carbocycles. The molecule has 0 bridgehead atoms. The van der Waals surface area contributed by atoms with Gasteiger partial charge in [-0.3, -0.25) is 4.79 Å². The predicted octanol–water partition coefficient (Wildman–Crippen LogP) is 5.16. The number of hydrogen-bond acceptors (Lipinski definition) is 4. The Bertz CT molecular complexity index is 971. The Balaban J connectivity index is 1.54. The number of nitrogens with one attached hydrogen (secondary N) is 1. The molecule has 1 atom stereocenters. The van der Waals surface area contributed by atoms with Crippen molar-refractivity contribution in [2.24, 2.45) is 5.41 Å². The van der Waals surface area contributed by atoms with E-state index in [1.165, 1.54) is 6.21 Å². The number of carboxylic acid groups (broad SMARTS) is 1. The standard InChI is InChI=1S/C24H24ClNO4/c1-2-3-18(12-23(27)28)17-4-7-20(8-5-17)29-15-24(10-11-24)16-30-21-9-6-19(14-26)22(25)13-21/h4-9,13-14,18,26H,10-12,15-16H2,1H3,(H,27,28). The van der Waals surface area contributed by atoms with Gasteiger partial charge in [-0.05, 0) is 55.7 Å². The minimum absolute atomic E-state index is 0.00903. The molecule has 30 heavy (non-hydrogen) atoms. The first-order valence-corrected chi connectivity index (χ1v) is 10.1. The van der Waals surface area contributed by atoms with Gasteiger partial charge >= 0.3 is 5.97 Å². The molecular formula is C24H24ClNO4. The van der Waals surface area contributed by atoms with E-state index in [2.05, 4.69) is 11.8 Å². The van der Waals surface area contributed by atoms with Crippen LogP contribution in [0.5, 0.6) is 11.5 Å². The van der Waals surface area contributed by atoms with Crippen LogP contribution in [0.25, 0.3) is 0 Å². The molecule has 1 unspecified atom stereocenters. The van der Waals surface area contributed by atoms with E-state index >= 15 is 0 Å². The van der Waals surface area contributed by atoms with E-state index in [9.17, 15) is 4.79 Å². The number of carbonyl (C=O) groups is 1. The fourth-order valence-electron chi connectivity index (χ4n) is 3.09. The quantitative estimate of drug-likeness (QED) is 0.407. The van der Waals surface area contributed by atoms with Crippen molar-refractivity contribution in [3.8, 4) is 23.3 Å². The average Bonchev–Trinajstić information content (AvgIpc) is 3.51. The lowest BCUT2D eigenvalue weighted by Crippen LogP contribution is -2.21. The Kier molecular flexibility index (Phi) is 7.02. The summed E-state index contributed by atoms with van der Waals surface area (Å²) in [4.78, 5) is 11.0. The van der Waals surface area contributed by atoms with Crippen molar-refractivity contribution >= 4 is 23.8 Å². The SMILES string of the molecule is CC#CC(CC(=O)O)c1ccc(OCC2(COc3ccc(C=N)c(Cl)c3)CC2)cc1. The average molecular weight is 426 g/mol. The zero-order chi connectivity index (χ0) is 21.6. The van der Waals surface area contributed by atoms with Crippen LogP contribution >= 0.6 is 11.6 Å². The van der Waals surface area contributed by atoms with Gasteiger partial charge in [0.1, 0.15) is 11.5 Å². The smallest absolute Gasteiger partial charge is 0.304 e. The van der Waals surface area contributed by atoms with E-state index in [4.69, 9.17) is 31.6 Å². The number of hydrogen-bond donors (Lipinski definition) is 2. The maximum Gasteiger partial charge on any atom is 0.304 e. The Morgan fingerprint density at radius 3 is 2.37 bits per heavy atom. The number of rotatable bonds is 10. The molecule has 2 aromatic carbocycles. The number of benzene rings is 2. The Morgan fingerprint density at radius 2 is 1.83 bits per heavy atom. The van der Waals surface area contributed by atoms with Crippen LogP contribution in [-0.4, -0.2) is 30.5 Å². The summed E-state index contributed by atoms with van der Waals surface area (Å²) in [5.41, 5.74) is 1.52. The minimum Gasteiger partial charge on any atom is -0.493 e. The van der Waals surface area contributed by atoms with E-state index in [1.807, 2.05) is 30.3 Å². The van der Waals surface area contributed by atoms with Crippen LogP contribution in [0, 0.1) is 22.7 Å². The monoisotopic (exact) mass is 425 g/mol. The molecular weight excluding hydrogens is 402 g/mol. The van der Waals surface area contributed by atoms with Gasteiger partial charge in [0.25, 0.3) is 0 Å². The van der Waals surface area contributed by atoms with Gasteiger partial charge in [-0.2, -0.15) is 0 Å². The molecule has 6 heteroatoms. The summed E-state index contributed by atoms with van der Waals surface area (Å²) in [5, 5.41) is 16.8. The molecule has 2 aromatic rings. The molecule has 0 amide bonds. The second-order valence-corrected chi connectivity index (χ2v) is 7.93. The summed E-state index contributed by atoms with van der Waals surface area (Å²) < 4.78 is 11.9. The topological polar surface area (TPSA) is 79.6 Å². The Hall–Kier alpha value is -2.97. The van der Waals surface area contributed by atoms with Gasteiger partial charge in [-0.1, -0.05) is 29.7 Å². The van der Waals surface area contributed by atoms with Gasteiger partial charge in [0, 0.05) is 17.2 Å². The summed E-state index contributed by atoms with van der Waals surface area (Å²) >= 11 is 6.12. The summed E-state index contributed by atoms with van der Waals surface area (Å²) in [6.07, 6.45) is 3.26. The fourth-order valence-corrected chi connectivity index (χ4v) is 3.32. The molecule has 1 saturated carbocycles. The summed E-state index contributed by atoms with van der Waals surface area (Å²) in [5.74, 6) is 5.98. The third-order valence-corrected chi connectivity index (χ3v) is 5.48. The van der Waals surface area contributed by atoms with Crippen molar-refractivity contribution in [2.75, 3.05) is 13.2 Å². The largest absolute Gasteiger partial charge is 0.493 e.